The summed E-state index contributed by atoms with van der Waals surface area (Å²) in [6.07, 6.45) is 1.67. The number of benzene rings is 1. The minimum atomic E-state index is -0.436. The van der Waals surface area contributed by atoms with Gasteiger partial charge in [-0.25, -0.2) is 4.79 Å². The van der Waals surface area contributed by atoms with Gasteiger partial charge in [-0.15, -0.1) is 0 Å². The quantitative estimate of drug-likeness (QED) is 0.322. The largest absolute Gasteiger partial charge is 0.460 e. The van der Waals surface area contributed by atoms with E-state index in [1.54, 1.807) is 6.07 Å². The minimum Gasteiger partial charge on any atom is -0.460 e. The predicted octanol–water partition coefficient (Wildman–Crippen LogP) is 3.82. The van der Waals surface area contributed by atoms with Crippen molar-refractivity contribution in [1.82, 2.24) is 5.32 Å². The number of hydrogen-bond acceptors (Lipinski definition) is 6. The lowest BCUT2D eigenvalue weighted by atomic mass is 9.78. The van der Waals surface area contributed by atoms with Crippen molar-refractivity contribution in [1.29, 1.82) is 0 Å². The van der Waals surface area contributed by atoms with Crippen molar-refractivity contribution >= 4 is 11.7 Å². The number of nitro benzene ring substituents is 1. The summed E-state index contributed by atoms with van der Waals surface area (Å²) in [5, 5.41) is 14.5. The van der Waals surface area contributed by atoms with Crippen LogP contribution in [0.15, 0.2) is 46.8 Å². The number of nitrogens with zero attached hydrogens (tertiary/aromatic N) is 1. The zero-order valence-corrected chi connectivity index (χ0v) is 16.2. The Kier molecular flexibility index (Phi) is 7.12. The fraction of sp³-hybridized carbons (Fsp3) is 0.450. The first-order valence-electron chi connectivity index (χ1n) is 8.98. The Morgan fingerprint density at radius 3 is 2.63 bits per heavy atom. The van der Waals surface area contributed by atoms with E-state index in [1.807, 2.05) is 19.9 Å². The second-order valence-corrected chi connectivity index (χ2v) is 6.48. The third-order valence-electron chi connectivity index (χ3n) is 4.57. The predicted molar refractivity (Wildman–Crippen MR) is 102 cm³/mol. The zero-order chi connectivity index (χ0) is 20.0. The van der Waals surface area contributed by atoms with Crippen LogP contribution >= 0.6 is 0 Å². The summed E-state index contributed by atoms with van der Waals surface area (Å²) >= 11 is 0. The number of carbonyl (C=O) groups excluding carboxylic acids is 1. The third kappa shape index (κ3) is 4.74. The lowest BCUT2D eigenvalue weighted by Crippen LogP contribution is -2.29. The average Bonchev–Trinajstić information content (AvgIpc) is 2.63. The van der Waals surface area contributed by atoms with Gasteiger partial charge in [-0.2, -0.15) is 0 Å². The van der Waals surface area contributed by atoms with Crippen molar-refractivity contribution in [2.24, 2.45) is 0 Å². The number of rotatable bonds is 8. The second kappa shape index (κ2) is 9.32. The van der Waals surface area contributed by atoms with Crippen LogP contribution in [0.5, 0.6) is 0 Å². The number of nitro groups is 1. The van der Waals surface area contributed by atoms with Crippen LogP contribution < -0.4 is 5.32 Å². The molecule has 0 saturated carbocycles. The number of non-ortho nitro benzene ring substituents is 1. The highest BCUT2D eigenvalue weighted by molar-refractivity contribution is 5.92. The Balaban J connectivity index is 2.52. The summed E-state index contributed by atoms with van der Waals surface area (Å²) in [4.78, 5) is 23.6. The Labute approximate surface area is 159 Å². The van der Waals surface area contributed by atoms with E-state index in [1.165, 1.54) is 19.2 Å². The normalized spacial score (nSPS) is 17.0. The van der Waals surface area contributed by atoms with Crippen molar-refractivity contribution in [3.8, 4) is 0 Å². The first-order chi connectivity index (χ1) is 12.9. The molecule has 7 heteroatoms. The van der Waals surface area contributed by atoms with E-state index < -0.39 is 10.9 Å². The van der Waals surface area contributed by atoms with Gasteiger partial charge in [0.25, 0.3) is 5.69 Å². The van der Waals surface area contributed by atoms with Crippen LogP contribution in [0.3, 0.4) is 0 Å². The molecule has 146 valence electrons. The highest BCUT2D eigenvalue weighted by atomic mass is 16.6. The Morgan fingerprint density at radius 2 is 2.00 bits per heavy atom. The molecule has 0 aromatic heterocycles. The van der Waals surface area contributed by atoms with Crippen LogP contribution in [0.2, 0.25) is 0 Å². The van der Waals surface area contributed by atoms with Crippen molar-refractivity contribution in [3.05, 3.63) is 62.5 Å². The molecule has 1 heterocycles. The van der Waals surface area contributed by atoms with Crippen LogP contribution in [0.4, 0.5) is 5.69 Å². The van der Waals surface area contributed by atoms with E-state index in [9.17, 15) is 14.9 Å². The van der Waals surface area contributed by atoms with Crippen LogP contribution in [-0.2, 0) is 14.3 Å². The van der Waals surface area contributed by atoms with Crippen molar-refractivity contribution in [3.63, 3.8) is 0 Å². The average molecular weight is 374 g/mol. The molecule has 1 aromatic rings. The van der Waals surface area contributed by atoms with Crippen LogP contribution in [0, 0.1) is 10.1 Å². The lowest BCUT2D eigenvalue weighted by molar-refractivity contribution is -0.384. The third-order valence-corrected chi connectivity index (χ3v) is 4.57. The molecular weight excluding hydrogens is 348 g/mol. The molecule has 1 aliphatic heterocycles. The van der Waals surface area contributed by atoms with Gasteiger partial charge in [0.05, 0.1) is 17.1 Å². The van der Waals surface area contributed by atoms with E-state index in [0.29, 0.717) is 23.4 Å². The van der Waals surface area contributed by atoms with Gasteiger partial charge >= 0.3 is 5.97 Å². The van der Waals surface area contributed by atoms with E-state index in [4.69, 9.17) is 9.47 Å². The molecule has 0 bridgehead atoms. The molecule has 1 atom stereocenters. The monoisotopic (exact) mass is 374 g/mol. The maximum Gasteiger partial charge on any atom is 0.336 e. The number of dihydropyridines is 1. The first-order valence-corrected chi connectivity index (χ1v) is 8.98. The van der Waals surface area contributed by atoms with Gasteiger partial charge in [-0.1, -0.05) is 25.5 Å². The molecule has 1 N–H and O–H groups in total. The van der Waals surface area contributed by atoms with Gasteiger partial charge in [0.1, 0.15) is 6.61 Å². The Morgan fingerprint density at radius 1 is 1.26 bits per heavy atom. The summed E-state index contributed by atoms with van der Waals surface area (Å²) < 4.78 is 10.3. The molecule has 1 unspecified atom stereocenters. The molecule has 1 aromatic carbocycles. The minimum absolute atomic E-state index is 0.00397. The molecule has 0 radical (unpaired) electrons. The maximum absolute atomic E-state index is 12.8. The molecule has 0 spiro atoms. The summed E-state index contributed by atoms with van der Waals surface area (Å²) in [7, 11) is 1.54. The molecule has 7 nitrogen and oxygen atoms in total. The molecule has 0 amide bonds. The first kappa shape index (κ1) is 20.6. The van der Waals surface area contributed by atoms with Gasteiger partial charge in [-0.05, 0) is 31.4 Å². The molecule has 0 saturated heterocycles. The van der Waals surface area contributed by atoms with Gasteiger partial charge in [0.2, 0.25) is 0 Å². The highest BCUT2D eigenvalue weighted by Crippen LogP contribution is 2.41. The number of methoxy groups -OCH3 is 1. The van der Waals surface area contributed by atoms with Crippen LogP contribution in [0.1, 0.15) is 45.1 Å². The SMILES string of the molecule is CCCC1=C(C)NC(C)=C(C(=O)OCCOC)C1c1cccc([N+](=O)[O-])c1. The number of nitrogens with one attached hydrogen (secondary N) is 1. The molecule has 1 aliphatic rings. The lowest BCUT2D eigenvalue weighted by Gasteiger charge is -2.31. The van der Waals surface area contributed by atoms with Crippen molar-refractivity contribution in [2.75, 3.05) is 20.3 Å². The van der Waals surface area contributed by atoms with E-state index in [2.05, 4.69) is 12.2 Å². The van der Waals surface area contributed by atoms with Gasteiger partial charge in [0.15, 0.2) is 0 Å². The van der Waals surface area contributed by atoms with Crippen molar-refractivity contribution < 1.29 is 19.2 Å². The topological polar surface area (TPSA) is 90.7 Å². The second-order valence-electron chi connectivity index (χ2n) is 6.48. The van der Waals surface area contributed by atoms with Gasteiger partial charge < -0.3 is 14.8 Å². The maximum atomic E-state index is 12.8. The summed E-state index contributed by atoms with van der Waals surface area (Å²) in [6.45, 7) is 6.31. The summed E-state index contributed by atoms with van der Waals surface area (Å²) in [5.74, 6) is -0.809. The van der Waals surface area contributed by atoms with Gasteiger partial charge in [-0.3, -0.25) is 10.1 Å². The zero-order valence-electron chi connectivity index (χ0n) is 16.2. The summed E-state index contributed by atoms with van der Waals surface area (Å²) in [5.41, 5.74) is 3.92. The molecular formula is C20H26N2O5. The standard InChI is InChI=1S/C20H26N2O5/c1-5-7-17-13(2)21-14(3)18(20(23)27-11-10-26-4)19(17)15-8-6-9-16(12-15)22(24)25/h6,8-9,12,19,21H,5,7,10-11H2,1-4H3. The highest BCUT2D eigenvalue weighted by Gasteiger charge is 2.34. The number of allylic oxidation sites excluding steroid dienone is 3. The van der Waals surface area contributed by atoms with E-state index in [-0.39, 0.29) is 18.2 Å². The number of ether oxygens (including phenoxy) is 2. The van der Waals surface area contributed by atoms with Gasteiger partial charge in [0, 0.05) is 36.6 Å². The van der Waals surface area contributed by atoms with Crippen LogP contribution in [-0.4, -0.2) is 31.2 Å². The fourth-order valence-electron chi connectivity index (χ4n) is 3.39. The van der Waals surface area contributed by atoms with E-state index >= 15 is 0 Å². The summed E-state index contributed by atoms with van der Waals surface area (Å²) in [6, 6.07) is 6.46. The number of carbonyl (C=O) groups is 1. The fourth-order valence-corrected chi connectivity index (χ4v) is 3.39. The van der Waals surface area contributed by atoms with Crippen molar-refractivity contribution in [2.45, 2.75) is 39.5 Å². The number of esters is 1. The molecule has 2 rings (SSSR count). The Hall–Kier alpha value is -2.67. The molecule has 0 fully saturated rings. The molecule has 27 heavy (non-hydrogen) atoms. The number of hydrogen-bond donors (Lipinski definition) is 1. The molecule has 0 aliphatic carbocycles. The van der Waals surface area contributed by atoms with Crippen LogP contribution in [0.25, 0.3) is 0 Å². The van der Waals surface area contributed by atoms with E-state index in [0.717, 1.165) is 24.1 Å². The Bertz CT molecular complexity index is 782. The smallest absolute Gasteiger partial charge is 0.336 e.